The second-order valence-electron chi connectivity index (χ2n) is 9.25. The Morgan fingerprint density at radius 1 is 1.03 bits per heavy atom. The first-order chi connectivity index (χ1) is 17.7. The van der Waals surface area contributed by atoms with Crippen LogP contribution in [0.5, 0.6) is 0 Å². The van der Waals surface area contributed by atoms with Crippen molar-refractivity contribution in [3.05, 3.63) is 105 Å². The lowest BCUT2D eigenvalue weighted by Crippen LogP contribution is -2.14. The van der Waals surface area contributed by atoms with E-state index in [9.17, 15) is 14.7 Å². The summed E-state index contributed by atoms with van der Waals surface area (Å²) in [5.74, 6) is -0.499. The molecule has 0 spiro atoms. The van der Waals surface area contributed by atoms with Crippen molar-refractivity contribution in [2.45, 2.75) is 26.8 Å². The highest BCUT2D eigenvalue weighted by Crippen LogP contribution is 2.33. The fraction of sp³-hybridized carbons (Fsp3) is 0.167. The second-order valence-corrected chi connectivity index (χ2v) is 9.25. The molecule has 7 nitrogen and oxygen atoms in total. The number of anilines is 1. The molecular weight excluding hydrogens is 466 g/mol. The summed E-state index contributed by atoms with van der Waals surface area (Å²) in [6, 6.07) is 20.0. The molecule has 0 saturated heterocycles. The number of carboxylic acids is 1. The maximum atomic E-state index is 13.5. The number of hydrogen-bond donors (Lipinski definition) is 2. The Morgan fingerprint density at radius 3 is 2.41 bits per heavy atom. The Bertz CT molecular complexity index is 1700. The molecular formula is C30H27N3O4. The first-order valence-electron chi connectivity index (χ1n) is 12.0. The van der Waals surface area contributed by atoms with E-state index < -0.39 is 5.97 Å². The Balaban J connectivity index is 1.61. The number of para-hydroxylation sites is 1. The van der Waals surface area contributed by atoms with Crippen LogP contribution in [0, 0.1) is 13.8 Å². The quantitative estimate of drug-likeness (QED) is 0.286. The molecule has 0 saturated carbocycles. The third-order valence-electron chi connectivity index (χ3n) is 6.65. The van der Waals surface area contributed by atoms with E-state index in [-0.39, 0.29) is 17.0 Å². The Labute approximate surface area is 214 Å². The number of fused-ring (bicyclic) bond motifs is 1. The molecule has 5 aromatic rings. The third-order valence-corrected chi connectivity index (χ3v) is 6.65. The Hall–Kier alpha value is -4.65. The van der Waals surface area contributed by atoms with Gasteiger partial charge in [-0.1, -0.05) is 42.5 Å². The summed E-state index contributed by atoms with van der Waals surface area (Å²) in [6.07, 6.45) is 1.75. The molecule has 0 amide bonds. The van der Waals surface area contributed by atoms with E-state index in [1.165, 1.54) is 0 Å². The molecule has 0 aliphatic carbocycles. The van der Waals surface area contributed by atoms with E-state index in [1.54, 1.807) is 37.4 Å². The van der Waals surface area contributed by atoms with Gasteiger partial charge in [-0.2, -0.15) is 5.10 Å². The number of benzene rings is 3. The van der Waals surface area contributed by atoms with Crippen LogP contribution in [-0.4, -0.2) is 20.9 Å². The summed E-state index contributed by atoms with van der Waals surface area (Å²) in [4.78, 5) is 25.2. The maximum absolute atomic E-state index is 13.5. The van der Waals surface area contributed by atoms with E-state index in [4.69, 9.17) is 4.42 Å². The fourth-order valence-corrected chi connectivity index (χ4v) is 4.72. The van der Waals surface area contributed by atoms with Crippen molar-refractivity contribution in [2.75, 3.05) is 5.32 Å². The minimum absolute atomic E-state index is 0.0879. The first-order valence-corrected chi connectivity index (χ1v) is 12.0. The molecule has 2 aromatic heterocycles. The largest absolute Gasteiger partial charge is 0.478 e. The van der Waals surface area contributed by atoms with Gasteiger partial charge in [0.2, 0.25) is 0 Å². The van der Waals surface area contributed by atoms with E-state index in [0.717, 1.165) is 27.9 Å². The molecule has 3 aromatic carbocycles. The lowest BCUT2D eigenvalue weighted by atomic mass is 9.98. The zero-order chi connectivity index (χ0) is 26.3. The molecule has 2 N–H and O–H groups in total. The summed E-state index contributed by atoms with van der Waals surface area (Å²) in [7, 11) is 1.89. The standard InChI is InChI=1S/C30H27N3O4/c1-17-15-23(19(3)32-25-8-6-5-7-22(25)30(35)36)29-24(16-17)27(34)18(2)28(37-29)21-11-9-20(10-12-21)26-13-14-31-33(26)4/h5-16,19,32H,1-4H3,(H,35,36)/t19-/m1/s1. The van der Waals surface area contributed by atoms with Crippen LogP contribution in [0.25, 0.3) is 33.6 Å². The van der Waals surface area contributed by atoms with E-state index in [2.05, 4.69) is 10.4 Å². The minimum Gasteiger partial charge on any atom is -0.478 e. The molecule has 0 aliphatic rings. The molecule has 37 heavy (non-hydrogen) atoms. The van der Waals surface area contributed by atoms with Gasteiger partial charge in [0.1, 0.15) is 11.3 Å². The second kappa shape index (κ2) is 9.43. The average molecular weight is 494 g/mol. The SMILES string of the molecule is Cc1cc([C@@H](C)Nc2ccccc2C(=O)O)c2oc(-c3ccc(-c4ccnn4C)cc3)c(C)c(=O)c2c1. The molecule has 1 atom stereocenters. The number of nitrogens with one attached hydrogen (secondary N) is 1. The van der Waals surface area contributed by atoms with Gasteiger partial charge in [-0.05, 0) is 56.2 Å². The van der Waals surface area contributed by atoms with Gasteiger partial charge in [-0.3, -0.25) is 9.48 Å². The molecule has 0 fully saturated rings. The van der Waals surface area contributed by atoms with Crippen LogP contribution >= 0.6 is 0 Å². The predicted molar refractivity (Wildman–Crippen MR) is 145 cm³/mol. The normalized spacial score (nSPS) is 12.0. The smallest absolute Gasteiger partial charge is 0.337 e. The van der Waals surface area contributed by atoms with Gasteiger partial charge in [-0.25, -0.2) is 4.79 Å². The van der Waals surface area contributed by atoms with E-state index in [0.29, 0.717) is 28.0 Å². The maximum Gasteiger partial charge on any atom is 0.337 e. The van der Waals surface area contributed by atoms with Gasteiger partial charge in [0.05, 0.1) is 22.7 Å². The lowest BCUT2D eigenvalue weighted by Gasteiger charge is -2.20. The van der Waals surface area contributed by atoms with Crippen LogP contribution in [0.1, 0.15) is 40.0 Å². The molecule has 5 rings (SSSR count). The van der Waals surface area contributed by atoms with Crippen LogP contribution in [0.2, 0.25) is 0 Å². The number of hydrogen-bond acceptors (Lipinski definition) is 5. The van der Waals surface area contributed by atoms with Gasteiger partial charge in [0.25, 0.3) is 0 Å². The Kier molecular flexibility index (Phi) is 6.13. The minimum atomic E-state index is -1.01. The molecule has 0 aliphatic heterocycles. The zero-order valence-electron chi connectivity index (χ0n) is 21.1. The number of nitrogens with zero attached hydrogens (tertiary/aromatic N) is 2. The molecule has 0 bridgehead atoms. The van der Waals surface area contributed by atoms with Gasteiger partial charge < -0.3 is 14.8 Å². The molecule has 2 heterocycles. The van der Waals surface area contributed by atoms with E-state index in [1.807, 2.05) is 68.0 Å². The highest BCUT2D eigenvalue weighted by atomic mass is 16.4. The summed E-state index contributed by atoms with van der Waals surface area (Å²) in [5, 5.41) is 17.6. The monoisotopic (exact) mass is 493 g/mol. The molecule has 0 unspecified atom stereocenters. The van der Waals surface area contributed by atoms with Gasteiger partial charge in [-0.15, -0.1) is 0 Å². The number of carboxylic acid groups (broad SMARTS) is 1. The van der Waals surface area contributed by atoms with Crippen LogP contribution < -0.4 is 10.7 Å². The van der Waals surface area contributed by atoms with Crippen LogP contribution in [0.4, 0.5) is 5.69 Å². The van der Waals surface area contributed by atoms with Crippen LogP contribution in [0.3, 0.4) is 0 Å². The van der Waals surface area contributed by atoms with Crippen molar-refractivity contribution in [3.63, 3.8) is 0 Å². The number of aromatic nitrogens is 2. The summed E-state index contributed by atoms with van der Waals surface area (Å²) in [5.41, 5.74) is 6.10. The summed E-state index contributed by atoms with van der Waals surface area (Å²) < 4.78 is 8.27. The lowest BCUT2D eigenvalue weighted by molar-refractivity contribution is 0.0698. The predicted octanol–water partition coefficient (Wildman–Crippen LogP) is 6.35. The van der Waals surface area contributed by atoms with Gasteiger partial charge in [0, 0.05) is 35.6 Å². The molecule has 7 heteroatoms. The third kappa shape index (κ3) is 4.40. The van der Waals surface area contributed by atoms with Gasteiger partial charge in [0.15, 0.2) is 5.43 Å². The molecule has 0 radical (unpaired) electrons. The number of aryl methyl sites for hydroxylation is 2. The highest BCUT2D eigenvalue weighted by molar-refractivity contribution is 5.94. The number of carbonyl (C=O) groups is 1. The van der Waals surface area contributed by atoms with Gasteiger partial charge >= 0.3 is 5.97 Å². The van der Waals surface area contributed by atoms with Crippen LogP contribution in [-0.2, 0) is 7.05 Å². The zero-order valence-corrected chi connectivity index (χ0v) is 21.1. The highest BCUT2D eigenvalue weighted by Gasteiger charge is 2.20. The molecule has 186 valence electrons. The van der Waals surface area contributed by atoms with E-state index >= 15 is 0 Å². The van der Waals surface area contributed by atoms with Crippen molar-refractivity contribution in [2.24, 2.45) is 7.05 Å². The number of rotatable bonds is 6. The summed E-state index contributed by atoms with van der Waals surface area (Å²) >= 11 is 0. The van der Waals surface area contributed by atoms with Crippen LogP contribution in [0.15, 0.2) is 82.1 Å². The topological polar surface area (TPSA) is 97.4 Å². The fourth-order valence-electron chi connectivity index (χ4n) is 4.72. The van der Waals surface area contributed by atoms with Crippen molar-refractivity contribution in [3.8, 4) is 22.6 Å². The number of aromatic carboxylic acids is 1. The van der Waals surface area contributed by atoms with Crippen molar-refractivity contribution < 1.29 is 14.3 Å². The van der Waals surface area contributed by atoms with Crippen molar-refractivity contribution in [1.29, 1.82) is 0 Å². The first kappa shape index (κ1) is 24.1. The Morgan fingerprint density at radius 2 is 1.73 bits per heavy atom. The van der Waals surface area contributed by atoms with Crippen molar-refractivity contribution in [1.82, 2.24) is 9.78 Å². The van der Waals surface area contributed by atoms with Crippen molar-refractivity contribution >= 4 is 22.6 Å². The average Bonchev–Trinajstić information content (AvgIpc) is 3.32. The summed E-state index contributed by atoms with van der Waals surface area (Å²) in [6.45, 7) is 5.64.